The number of anilines is 1. The average Bonchev–Trinajstić information content (AvgIpc) is 2.43. The zero-order chi connectivity index (χ0) is 13.3. The molecule has 104 valence electrons. The van der Waals surface area contributed by atoms with Gasteiger partial charge in [-0.15, -0.1) is 0 Å². The number of rotatable bonds is 1. The van der Waals surface area contributed by atoms with Crippen molar-refractivity contribution in [1.82, 2.24) is 5.32 Å². The lowest BCUT2D eigenvalue weighted by atomic mass is 9.80. The Kier molecular flexibility index (Phi) is 3.53. The van der Waals surface area contributed by atoms with Gasteiger partial charge in [0.2, 0.25) is 0 Å². The van der Waals surface area contributed by atoms with Gasteiger partial charge in [0, 0.05) is 30.9 Å². The highest BCUT2D eigenvalue weighted by Crippen LogP contribution is 2.32. The highest BCUT2D eigenvalue weighted by Gasteiger charge is 2.36. The SMILES string of the molecule is Cc1ccc(N2CCNC3(CCCCC3)C2)cc1C. The number of benzene rings is 1. The smallest absolute Gasteiger partial charge is 0.0370 e. The Morgan fingerprint density at radius 1 is 1.05 bits per heavy atom. The molecule has 3 rings (SSSR count). The van der Waals surface area contributed by atoms with Crippen LogP contribution in [-0.4, -0.2) is 25.2 Å². The monoisotopic (exact) mass is 258 g/mol. The van der Waals surface area contributed by atoms with Crippen LogP contribution < -0.4 is 10.2 Å². The summed E-state index contributed by atoms with van der Waals surface area (Å²) in [5, 5.41) is 3.82. The van der Waals surface area contributed by atoms with Gasteiger partial charge in [-0.2, -0.15) is 0 Å². The summed E-state index contributed by atoms with van der Waals surface area (Å²) in [5.74, 6) is 0. The first-order valence-electron chi connectivity index (χ1n) is 7.76. The molecular formula is C17H26N2. The molecule has 1 saturated carbocycles. The number of hydrogen-bond donors (Lipinski definition) is 1. The van der Waals surface area contributed by atoms with E-state index in [1.54, 1.807) is 0 Å². The zero-order valence-corrected chi connectivity index (χ0v) is 12.3. The zero-order valence-electron chi connectivity index (χ0n) is 12.3. The Morgan fingerprint density at radius 2 is 1.84 bits per heavy atom. The van der Waals surface area contributed by atoms with Crippen molar-refractivity contribution in [2.45, 2.75) is 51.5 Å². The minimum absolute atomic E-state index is 0.398. The van der Waals surface area contributed by atoms with Crippen LogP contribution in [0.1, 0.15) is 43.2 Å². The number of hydrogen-bond acceptors (Lipinski definition) is 2. The lowest BCUT2D eigenvalue weighted by Crippen LogP contribution is -2.61. The average molecular weight is 258 g/mol. The van der Waals surface area contributed by atoms with Gasteiger partial charge in [-0.05, 0) is 49.9 Å². The molecular weight excluding hydrogens is 232 g/mol. The molecule has 1 aromatic carbocycles. The third-order valence-electron chi connectivity index (χ3n) is 5.04. The third-order valence-corrected chi connectivity index (χ3v) is 5.04. The van der Waals surface area contributed by atoms with Crippen molar-refractivity contribution < 1.29 is 0 Å². The highest BCUT2D eigenvalue weighted by atomic mass is 15.2. The van der Waals surface area contributed by atoms with Crippen LogP contribution >= 0.6 is 0 Å². The minimum atomic E-state index is 0.398. The Labute approximate surface area is 117 Å². The standard InChI is InChI=1S/C17H26N2/c1-14-6-7-16(12-15(14)2)19-11-10-18-17(13-19)8-4-3-5-9-17/h6-7,12,18H,3-5,8-11,13H2,1-2H3. The van der Waals surface area contributed by atoms with Gasteiger partial charge in [0.1, 0.15) is 0 Å². The molecule has 1 spiro atoms. The molecule has 0 atom stereocenters. The topological polar surface area (TPSA) is 15.3 Å². The van der Waals surface area contributed by atoms with Gasteiger partial charge in [0.05, 0.1) is 0 Å². The summed E-state index contributed by atoms with van der Waals surface area (Å²) in [4.78, 5) is 2.59. The van der Waals surface area contributed by atoms with E-state index in [4.69, 9.17) is 0 Å². The van der Waals surface area contributed by atoms with Gasteiger partial charge in [0.15, 0.2) is 0 Å². The van der Waals surface area contributed by atoms with Crippen molar-refractivity contribution in [1.29, 1.82) is 0 Å². The maximum atomic E-state index is 3.82. The molecule has 2 heteroatoms. The summed E-state index contributed by atoms with van der Waals surface area (Å²) >= 11 is 0. The lowest BCUT2D eigenvalue weighted by molar-refractivity contribution is 0.216. The fourth-order valence-corrected chi connectivity index (χ4v) is 3.66. The second kappa shape index (κ2) is 5.16. The Hall–Kier alpha value is -1.02. The molecule has 2 aliphatic rings. The number of nitrogens with one attached hydrogen (secondary N) is 1. The first-order valence-corrected chi connectivity index (χ1v) is 7.76. The fraction of sp³-hybridized carbons (Fsp3) is 0.647. The number of piperazine rings is 1. The van der Waals surface area contributed by atoms with E-state index in [0.717, 1.165) is 13.1 Å². The van der Waals surface area contributed by atoms with E-state index in [-0.39, 0.29) is 0 Å². The van der Waals surface area contributed by atoms with Gasteiger partial charge in [-0.1, -0.05) is 25.3 Å². The first kappa shape index (κ1) is 13.0. The van der Waals surface area contributed by atoms with E-state index in [0.29, 0.717) is 5.54 Å². The molecule has 0 amide bonds. The van der Waals surface area contributed by atoms with Crippen molar-refractivity contribution in [3.63, 3.8) is 0 Å². The molecule has 2 nitrogen and oxygen atoms in total. The van der Waals surface area contributed by atoms with Crippen LogP contribution in [0.2, 0.25) is 0 Å². The van der Waals surface area contributed by atoms with E-state index in [1.807, 2.05) is 0 Å². The second-order valence-electron chi connectivity index (χ2n) is 6.46. The van der Waals surface area contributed by atoms with E-state index in [2.05, 4.69) is 42.3 Å². The van der Waals surface area contributed by atoms with Crippen LogP contribution in [0.15, 0.2) is 18.2 Å². The van der Waals surface area contributed by atoms with Crippen LogP contribution in [0.5, 0.6) is 0 Å². The van der Waals surface area contributed by atoms with Crippen molar-refractivity contribution in [3.05, 3.63) is 29.3 Å². The third kappa shape index (κ3) is 2.64. The van der Waals surface area contributed by atoms with E-state index >= 15 is 0 Å². The molecule has 0 bridgehead atoms. The summed E-state index contributed by atoms with van der Waals surface area (Å²) in [6.45, 7) is 7.88. The van der Waals surface area contributed by atoms with E-state index < -0.39 is 0 Å². The van der Waals surface area contributed by atoms with Crippen LogP contribution in [0.25, 0.3) is 0 Å². The van der Waals surface area contributed by atoms with Crippen LogP contribution in [0, 0.1) is 13.8 Å². The van der Waals surface area contributed by atoms with Crippen LogP contribution in [-0.2, 0) is 0 Å². The molecule has 1 aliphatic carbocycles. The van der Waals surface area contributed by atoms with Crippen LogP contribution in [0.4, 0.5) is 5.69 Å². The van der Waals surface area contributed by atoms with Crippen molar-refractivity contribution in [2.24, 2.45) is 0 Å². The molecule has 0 radical (unpaired) electrons. The molecule has 1 heterocycles. The van der Waals surface area contributed by atoms with E-state index in [1.165, 1.54) is 55.5 Å². The molecule has 1 aliphatic heterocycles. The van der Waals surface area contributed by atoms with Crippen LogP contribution in [0.3, 0.4) is 0 Å². The van der Waals surface area contributed by atoms with Crippen molar-refractivity contribution in [3.8, 4) is 0 Å². The predicted octanol–water partition coefficient (Wildman–Crippen LogP) is 3.42. The quantitative estimate of drug-likeness (QED) is 0.830. The molecule has 1 aromatic rings. The van der Waals surface area contributed by atoms with Gasteiger partial charge in [0.25, 0.3) is 0 Å². The fourth-order valence-electron chi connectivity index (χ4n) is 3.66. The maximum Gasteiger partial charge on any atom is 0.0370 e. The number of aryl methyl sites for hydroxylation is 2. The minimum Gasteiger partial charge on any atom is -0.368 e. The Morgan fingerprint density at radius 3 is 2.58 bits per heavy atom. The summed E-state index contributed by atoms with van der Waals surface area (Å²) in [6, 6.07) is 6.92. The van der Waals surface area contributed by atoms with Gasteiger partial charge >= 0.3 is 0 Å². The largest absolute Gasteiger partial charge is 0.368 e. The van der Waals surface area contributed by atoms with Crippen molar-refractivity contribution in [2.75, 3.05) is 24.5 Å². The Balaban J connectivity index is 1.78. The molecule has 2 fully saturated rings. The first-order chi connectivity index (χ1) is 9.19. The van der Waals surface area contributed by atoms with Gasteiger partial charge in [-0.25, -0.2) is 0 Å². The Bertz CT molecular complexity index is 441. The van der Waals surface area contributed by atoms with Crippen molar-refractivity contribution >= 4 is 5.69 Å². The lowest BCUT2D eigenvalue weighted by Gasteiger charge is -2.47. The summed E-state index contributed by atoms with van der Waals surface area (Å²) < 4.78 is 0. The molecule has 0 aromatic heterocycles. The summed E-state index contributed by atoms with van der Waals surface area (Å²) in [6.07, 6.45) is 6.93. The summed E-state index contributed by atoms with van der Waals surface area (Å²) in [7, 11) is 0. The summed E-state index contributed by atoms with van der Waals surface area (Å²) in [5.41, 5.74) is 4.62. The highest BCUT2D eigenvalue weighted by molar-refractivity contribution is 5.51. The molecule has 0 unspecified atom stereocenters. The number of nitrogens with zero attached hydrogens (tertiary/aromatic N) is 1. The maximum absolute atomic E-state index is 3.82. The molecule has 19 heavy (non-hydrogen) atoms. The molecule has 1 saturated heterocycles. The second-order valence-corrected chi connectivity index (χ2v) is 6.46. The predicted molar refractivity (Wildman–Crippen MR) is 81.9 cm³/mol. The van der Waals surface area contributed by atoms with E-state index in [9.17, 15) is 0 Å². The van der Waals surface area contributed by atoms with Gasteiger partial charge < -0.3 is 10.2 Å². The van der Waals surface area contributed by atoms with Gasteiger partial charge in [-0.3, -0.25) is 0 Å². The normalized spacial score (nSPS) is 22.7. The molecule has 1 N–H and O–H groups in total.